The molecule has 2 aliphatic rings. The number of rotatable bonds is 0. The molecule has 1 aromatic carbocycles. The molecule has 1 heterocycles. The van der Waals surface area contributed by atoms with Crippen LogP contribution in [-0.4, -0.2) is 18.3 Å². The minimum atomic E-state index is -0.350. The van der Waals surface area contributed by atoms with Gasteiger partial charge in [0.25, 0.3) is 0 Å². The lowest BCUT2D eigenvalue weighted by molar-refractivity contribution is 0.166. The minimum Gasteiger partial charge on any atom is -0.489 e. The molecule has 0 aromatic heterocycles. The number of fused-ring (bicyclic) bond motifs is 2. The van der Waals surface area contributed by atoms with Gasteiger partial charge in [0.2, 0.25) is 0 Å². The number of aliphatic hydroxyl groups excluding tert-OH is 1. The van der Waals surface area contributed by atoms with Gasteiger partial charge in [-0.05, 0) is 42.5 Å². The van der Waals surface area contributed by atoms with E-state index < -0.39 is 0 Å². The van der Waals surface area contributed by atoms with Crippen molar-refractivity contribution in [2.75, 3.05) is 13.2 Å². The molecule has 1 aliphatic carbocycles. The van der Waals surface area contributed by atoms with Gasteiger partial charge in [-0.15, -0.1) is 0 Å². The predicted octanol–water partition coefficient (Wildman–Crippen LogP) is 2.85. The Morgan fingerprint density at radius 2 is 1.83 bits per heavy atom. The third-order valence-electron chi connectivity index (χ3n) is 3.78. The summed E-state index contributed by atoms with van der Waals surface area (Å²) in [5.74, 6) is 2.04. The van der Waals surface area contributed by atoms with Crippen molar-refractivity contribution in [1.29, 1.82) is 0 Å². The molecule has 1 N–H and O–H groups in total. The number of ether oxygens (including phenoxy) is 2. The summed E-state index contributed by atoms with van der Waals surface area (Å²) in [6.45, 7) is 3.50. The summed E-state index contributed by atoms with van der Waals surface area (Å²) in [5.41, 5.74) is 2.25. The van der Waals surface area contributed by atoms with Gasteiger partial charge in [0.05, 0.1) is 19.3 Å². The molecule has 0 bridgehead atoms. The Hall–Kier alpha value is -1.22. The van der Waals surface area contributed by atoms with Gasteiger partial charge in [-0.3, -0.25) is 0 Å². The molecule has 3 rings (SSSR count). The van der Waals surface area contributed by atoms with Gasteiger partial charge in [-0.25, -0.2) is 0 Å². The molecule has 0 saturated carbocycles. The summed E-state index contributed by atoms with van der Waals surface area (Å²) in [5, 5.41) is 10.2. The Kier molecular flexibility index (Phi) is 3.16. The van der Waals surface area contributed by atoms with Crippen LogP contribution in [0.15, 0.2) is 12.1 Å². The van der Waals surface area contributed by atoms with E-state index in [4.69, 9.17) is 9.47 Å². The van der Waals surface area contributed by atoms with Crippen LogP contribution in [0.3, 0.4) is 0 Å². The molecule has 0 radical (unpaired) electrons. The lowest BCUT2D eigenvalue weighted by atomic mass is 10.00. The third-order valence-corrected chi connectivity index (χ3v) is 3.78. The van der Waals surface area contributed by atoms with Crippen LogP contribution in [0.5, 0.6) is 11.5 Å². The largest absolute Gasteiger partial charge is 0.489 e. The highest BCUT2D eigenvalue weighted by atomic mass is 16.5. The minimum absolute atomic E-state index is 0.350. The fraction of sp³-hybridized carbons (Fsp3) is 0.600. The molecule has 2 unspecified atom stereocenters. The second-order valence-corrected chi connectivity index (χ2v) is 5.49. The van der Waals surface area contributed by atoms with Gasteiger partial charge in [0.1, 0.15) is 0 Å². The molecule has 98 valence electrons. The highest BCUT2D eigenvalue weighted by Gasteiger charge is 2.22. The molecule has 0 amide bonds. The molecular formula is C15H20O3. The van der Waals surface area contributed by atoms with E-state index in [1.807, 2.05) is 6.07 Å². The van der Waals surface area contributed by atoms with Gasteiger partial charge in [-0.1, -0.05) is 13.3 Å². The number of aliphatic hydroxyl groups is 1. The first-order valence-electron chi connectivity index (χ1n) is 6.84. The van der Waals surface area contributed by atoms with Crippen LogP contribution in [0.4, 0.5) is 0 Å². The molecule has 3 nitrogen and oxygen atoms in total. The molecule has 0 spiro atoms. The summed E-state index contributed by atoms with van der Waals surface area (Å²) in [7, 11) is 0. The van der Waals surface area contributed by atoms with E-state index in [1.165, 1.54) is 5.56 Å². The summed E-state index contributed by atoms with van der Waals surface area (Å²) in [4.78, 5) is 0. The van der Waals surface area contributed by atoms with Crippen molar-refractivity contribution in [2.45, 2.75) is 38.7 Å². The normalized spacial score (nSPS) is 27.0. The summed E-state index contributed by atoms with van der Waals surface area (Å²) < 4.78 is 11.6. The molecule has 0 saturated heterocycles. The van der Waals surface area contributed by atoms with Crippen LogP contribution < -0.4 is 9.47 Å². The monoisotopic (exact) mass is 248 g/mol. The van der Waals surface area contributed by atoms with E-state index in [9.17, 15) is 5.11 Å². The summed E-state index contributed by atoms with van der Waals surface area (Å²) in [6.07, 6.45) is 3.75. The maximum atomic E-state index is 10.2. The Balaban J connectivity index is 2.00. The molecule has 1 aliphatic heterocycles. The zero-order valence-electron chi connectivity index (χ0n) is 10.8. The highest BCUT2D eigenvalue weighted by Crippen LogP contribution is 2.38. The molecule has 1 aromatic rings. The summed E-state index contributed by atoms with van der Waals surface area (Å²) in [6, 6.07) is 4.05. The SMILES string of the molecule is CC1COc2cc3c(cc2OC1)C(O)CCCC3. The summed E-state index contributed by atoms with van der Waals surface area (Å²) >= 11 is 0. The lowest BCUT2D eigenvalue weighted by Gasteiger charge is -2.15. The molecule has 18 heavy (non-hydrogen) atoms. The first kappa shape index (κ1) is 11.8. The maximum absolute atomic E-state index is 10.2. The van der Waals surface area contributed by atoms with Gasteiger partial charge >= 0.3 is 0 Å². The Morgan fingerprint density at radius 3 is 2.61 bits per heavy atom. The van der Waals surface area contributed by atoms with Crippen molar-refractivity contribution < 1.29 is 14.6 Å². The van der Waals surface area contributed by atoms with E-state index in [-0.39, 0.29) is 6.10 Å². The quantitative estimate of drug-likeness (QED) is 0.717. The van der Waals surface area contributed by atoms with E-state index in [2.05, 4.69) is 13.0 Å². The van der Waals surface area contributed by atoms with Gasteiger partial charge < -0.3 is 14.6 Å². The Bertz CT molecular complexity index is 442. The second kappa shape index (κ2) is 4.81. The second-order valence-electron chi connectivity index (χ2n) is 5.49. The fourth-order valence-corrected chi connectivity index (χ4v) is 2.69. The van der Waals surface area contributed by atoms with E-state index in [0.29, 0.717) is 19.1 Å². The molecule has 0 fully saturated rings. The van der Waals surface area contributed by atoms with Crippen LogP contribution in [-0.2, 0) is 6.42 Å². The van der Waals surface area contributed by atoms with Gasteiger partial charge in [0, 0.05) is 5.92 Å². The van der Waals surface area contributed by atoms with E-state index in [1.54, 1.807) is 0 Å². The van der Waals surface area contributed by atoms with Crippen LogP contribution in [0.25, 0.3) is 0 Å². The van der Waals surface area contributed by atoms with Crippen molar-refractivity contribution in [2.24, 2.45) is 5.92 Å². The average Bonchev–Trinajstić information content (AvgIpc) is 2.66. The van der Waals surface area contributed by atoms with Crippen molar-refractivity contribution in [3.05, 3.63) is 23.3 Å². The number of hydrogen-bond donors (Lipinski definition) is 1. The zero-order chi connectivity index (χ0) is 12.5. The van der Waals surface area contributed by atoms with Crippen LogP contribution in [0.2, 0.25) is 0 Å². The maximum Gasteiger partial charge on any atom is 0.161 e. The highest BCUT2D eigenvalue weighted by molar-refractivity contribution is 5.49. The number of benzene rings is 1. The zero-order valence-corrected chi connectivity index (χ0v) is 10.8. The predicted molar refractivity (Wildman–Crippen MR) is 69.1 cm³/mol. The first-order chi connectivity index (χ1) is 8.74. The Labute approximate surface area is 108 Å². The van der Waals surface area contributed by atoms with Crippen LogP contribution in [0, 0.1) is 5.92 Å². The van der Waals surface area contributed by atoms with Crippen molar-refractivity contribution in [1.82, 2.24) is 0 Å². The van der Waals surface area contributed by atoms with Gasteiger partial charge in [-0.2, -0.15) is 0 Å². The molecular weight excluding hydrogens is 228 g/mol. The van der Waals surface area contributed by atoms with Crippen LogP contribution in [0.1, 0.15) is 43.4 Å². The van der Waals surface area contributed by atoms with Crippen LogP contribution >= 0.6 is 0 Å². The van der Waals surface area contributed by atoms with Crippen molar-refractivity contribution in [3.8, 4) is 11.5 Å². The van der Waals surface area contributed by atoms with Gasteiger partial charge in [0.15, 0.2) is 11.5 Å². The molecule has 3 heteroatoms. The topological polar surface area (TPSA) is 38.7 Å². The van der Waals surface area contributed by atoms with Crippen molar-refractivity contribution >= 4 is 0 Å². The smallest absolute Gasteiger partial charge is 0.161 e. The van der Waals surface area contributed by atoms with Crippen molar-refractivity contribution in [3.63, 3.8) is 0 Å². The standard InChI is InChI=1S/C15H20O3/c1-10-8-17-14-6-11-4-2-3-5-13(16)12(11)7-15(14)18-9-10/h6-7,10,13,16H,2-5,8-9H2,1H3. The number of hydrogen-bond acceptors (Lipinski definition) is 3. The average molecular weight is 248 g/mol. The lowest BCUT2D eigenvalue weighted by Crippen LogP contribution is -2.12. The molecule has 2 atom stereocenters. The fourth-order valence-electron chi connectivity index (χ4n) is 2.69. The Morgan fingerprint density at radius 1 is 1.11 bits per heavy atom. The third kappa shape index (κ3) is 2.19. The number of aryl methyl sites for hydroxylation is 1. The first-order valence-corrected chi connectivity index (χ1v) is 6.84. The van der Waals surface area contributed by atoms with E-state index in [0.717, 1.165) is 42.7 Å². The van der Waals surface area contributed by atoms with E-state index >= 15 is 0 Å².